The smallest absolute Gasteiger partial charge is 0.273 e. The van der Waals surface area contributed by atoms with E-state index in [1.807, 2.05) is 0 Å². The van der Waals surface area contributed by atoms with E-state index in [0.717, 1.165) is 19.6 Å². The van der Waals surface area contributed by atoms with Crippen LogP contribution in [0, 0.1) is 0 Å². The van der Waals surface area contributed by atoms with Crippen LogP contribution in [0.4, 0.5) is 0 Å². The van der Waals surface area contributed by atoms with Crippen molar-refractivity contribution in [2.75, 3.05) is 33.2 Å². The maximum atomic E-state index is 11.8. The van der Waals surface area contributed by atoms with E-state index in [4.69, 9.17) is 4.42 Å². The van der Waals surface area contributed by atoms with Gasteiger partial charge in [0.1, 0.15) is 6.26 Å². The Morgan fingerprint density at radius 1 is 1.50 bits per heavy atom. The molecule has 0 aromatic carbocycles. The van der Waals surface area contributed by atoms with E-state index >= 15 is 0 Å². The number of aromatic nitrogens is 1. The maximum Gasteiger partial charge on any atom is 0.273 e. The first-order valence-corrected chi connectivity index (χ1v) is 6.39. The van der Waals surface area contributed by atoms with Crippen molar-refractivity contribution in [2.45, 2.75) is 19.4 Å². The lowest BCUT2D eigenvalue weighted by Crippen LogP contribution is -2.33. The van der Waals surface area contributed by atoms with Gasteiger partial charge in [-0.3, -0.25) is 4.79 Å². The monoisotopic (exact) mass is 252 g/mol. The second kappa shape index (κ2) is 6.51. The van der Waals surface area contributed by atoms with Crippen molar-refractivity contribution in [3.8, 4) is 0 Å². The van der Waals surface area contributed by atoms with Gasteiger partial charge in [0.15, 0.2) is 5.69 Å². The summed E-state index contributed by atoms with van der Waals surface area (Å²) in [5, 5.41) is 5.78. The first-order valence-electron chi connectivity index (χ1n) is 6.39. The molecule has 2 N–H and O–H groups in total. The standard InChI is InChI=1S/C12H20N4O2/c1-13-8-11-15-10(9-18-11)12(17)14-4-7-16-5-2-3-6-16/h9,13H,2-8H2,1H3,(H,14,17). The third kappa shape index (κ3) is 3.54. The number of likely N-dealkylation sites (tertiary alicyclic amines) is 1. The normalized spacial score (nSPS) is 16.1. The zero-order chi connectivity index (χ0) is 12.8. The fraction of sp³-hybridized carbons (Fsp3) is 0.667. The first-order chi connectivity index (χ1) is 8.79. The Bertz CT molecular complexity index is 385. The van der Waals surface area contributed by atoms with Gasteiger partial charge in [0.25, 0.3) is 5.91 Å². The van der Waals surface area contributed by atoms with Gasteiger partial charge in [0.05, 0.1) is 6.54 Å². The molecule has 1 aromatic heterocycles. The number of carbonyl (C=O) groups is 1. The van der Waals surface area contributed by atoms with Gasteiger partial charge in [-0.05, 0) is 33.0 Å². The molecule has 0 aliphatic carbocycles. The van der Waals surface area contributed by atoms with Gasteiger partial charge in [-0.2, -0.15) is 0 Å². The first kappa shape index (κ1) is 13.0. The molecule has 6 nitrogen and oxygen atoms in total. The average molecular weight is 252 g/mol. The Morgan fingerprint density at radius 3 is 3.00 bits per heavy atom. The summed E-state index contributed by atoms with van der Waals surface area (Å²) in [5.41, 5.74) is 0.349. The molecule has 1 saturated heterocycles. The summed E-state index contributed by atoms with van der Waals surface area (Å²) < 4.78 is 5.16. The zero-order valence-corrected chi connectivity index (χ0v) is 10.7. The molecule has 0 spiro atoms. The van der Waals surface area contributed by atoms with E-state index in [1.165, 1.54) is 19.1 Å². The largest absolute Gasteiger partial charge is 0.447 e. The molecule has 18 heavy (non-hydrogen) atoms. The SMILES string of the molecule is CNCc1nc(C(=O)NCCN2CCCC2)co1. The maximum absolute atomic E-state index is 11.8. The highest BCUT2D eigenvalue weighted by molar-refractivity contribution is 5.91. The van der Waals surface area contributed by atoms with Gasteiger partial charge in [0, 0.05) is 13.1 Å². The molecule has 2 heterocycles. The molecule has 0 saturated carbocycles. The van der Waals surface area contributed by atoms with Crippen LogP contribution in [0.2, 0.25) is 0 Å². The van der Waals surface area contributed by atoms with Crippen LogP contribution in [0.5, 0.6) is 0 Å². The summed E-state index contributed by atoms with van der Waals surface area (Å²) >= 11 is 0. The minimum atomic E-state index is -0.166. The van der Waals surface area contributed by atoms with E-state index in [0.29, 0.717) is 24.7 Å². The van der Waals surface area contributed by atoms with Gasteiger partial charge < -0.3 is 20.0 Å². The molecule has 6 heteroatoms. The summed E-state index contributed by atoms with van der Waals surface area (Å²) in [5.74, 6) is 0.363. The third-order valence-electron chi connectivity index (χ3n) is 3.02. The Hall–Kier alpha value is -1.40. The molecule has 1 aliphatic heterocycles. The molecular formula is C12H20N4O2. The van der Waals surface area contributed by atoms with Gasteiger partial charge in [0.2, 0.25) is 5.89 Å². The molecule has 0 radical (unpaired) electrons. The van der Waals surface area contributed by atoms with Crippen LogP contribution < -0.4 is 10.6 Å². The number of oxazole rings is 1. The van der Waals surface area contributed by atoms with Crippen LogP contribution in [0.1, 0.15) is 29.2 Å². The Balaban J connectivity index is 1.72. The quantitative estimate of drug-likeness (QED) is 0.758. The topological polar surface area (TPSA) is 70.4 Å². The highest BCUT2D eigenvalue weighted by Gasteiger charge is 2.13. The third-order valence-corrected chi connectivity index (χ3v) is 3.02. The molecule has 1 amide bonds. The molecule has 2 rings (SSSR count). The molecule has 1 aromatic rings. The van der Waals surface area contributed by atoms with Crippen LogP contribution in [0.25, 0.3) is 0 Å². The van der Waals surface area contributed by atoms with Crippen LogP contribution in [-0.4, -0.2) is 49.0 Å². The van der Waals surface area contributed by atoms with Crippen LogP contribution in [0.3, 0.4) is 0 Å². The predicted molar refractivity (Wildman–Crippen MR) is 67.3 cm³/mol. The van der Waals surface area contributed by atoms with Crippen molar-refractivity contribution in [3.63, 3.8) is 0 Å². The van der Waals surface area contributed by atoms with Crippen LogP contribution in [0.15, 0.2) is 10.7 Å². The van der Waals surface area contributed by atoms with Gasteiger partial charge in [-0.25, -0.2) is 4.98 Å². The number of nitrogens with zero attached hydrogens (tertiary/aromatic N) is 2. The number of nitrogens with one attached hydrogen (secondary N) is 2. The summed E-state index contributed by atoms with van der Waals surface area (Å²) in [6, 6.07) is 0. The lowest BCUT2D eigenvalue weighted by molar-refractivity contribution is 0.0944. The van der Waals surface area contributed by atoms with Crippen molar-refractivity contribution in [2.24, 2.45) is 0 Å². The average Bonchev–Trinajstić information content (AvgIpc) is 3.00. The predicted octanol–water partition coefficient (Wildman–Crippen LogP) is 0.220. The van der Waals surface area contributed by atoms with Gasteiger partial charge >= 0.3 is 0 Å². The number of amides is 1. The number of carbonyl (C=O) groups excluding carboxylic acids is 1. The Morgan fingerprint density at radius 2 is 2.28 bits per heavy atom. The van der Waals surface area contributed by atoms with E-state index < -0.39 is 0 Å². The summed E-state index contributed by atoms with van der Waals surface area (Å²) in [6.45, 7) is 4.39. The highest BCUT2D eigenvalue weighted by Crippen LogP contribution is 2.06. The minimum Gasteiger partial charge on any atom is -0.447 e. The van der Waals surface area contributed by atoms with Gasteiger partial charge in [-0.1, -0.05) is 0 Å². The van der Waals surface area contributed by atoms with E-state index in [1.54, 1.807) is 7.05 Å². The number of hydrogen-bond acceptors (Lipinski definition) is 5. The second-order valence-electron chi connectivity index (χ2n) is 4.46. The summed E-state index contributed by atoms with van der Waals surface area (Å²) in [6.07, 6.45) is 3.94. The number of hydrogen-bond donors (Lipinski definition) is 2. The Kier molecular flexibility index (Phi) is 4.72. The summed E-state index contributed by atoms with van der Waals surface area (Å²) in [4.78, 5) is 18.2. The van der Waals surface area contributed by atoms with Crippen molar-refractivity contribution in [1.82, 2.24) is 20.5 Å². The summed E-state index contributed by atoms with van der Waals surface area (Å²) in [7, 11) is 1.81. The zero-order valence-electron chi connectivity index (χ0n) is 10.7. The second-order valence-corrected chi connectivity index (χ2v) is 4.46. The molecule has 0 bridgehead atoms. The lowest BCUT2D eigenvalue weighted by atomic mass is 10.4. The fourth-order valence-corrected chi connectivity index (χ4v) is 2.07. The fourth-order valence-electron chi connectivity index (χ4n) is 2.07. The number of rotatable bonds is 6. The molecule has 1 aliphatic rings. The molecule has 0 atom stereocenters. The van der Waals surface area contributed by atoms with Crippen molar-refractivity contribution >= 4 is 5.91 Å². The van der Waals surface area contributed by atoms with E-state index in [-0.39, 0.29) is 5.91 Å². The van der Waals surface area contributed by atoms with E-state index in [2.05, 4.69) is 20.5 Å². The van der Waals surface area contributed by atoms with Crippen molar-refractivity contribution < 1.29 is 9.21 Å². The van der Waals surface area contributed by atoms with Gasteiger partial charge in [-0.15, -0.1) is 0 Å². The van der Waals surface area contributed by atoms with Crippen molar-refractivity contribution in [1.29, 1.82) is 0 Å². The van der Waals surface area contributed by atoms with E-state index in [9.17, 15) is 4.79 Å². The highest BCUT2D eigenvalue weighted by atomic mass is 16.3. The Labute approximate surface area is 107 Å². The van der Waals surface area contributed by atoms with Crippen LogP contribution in [-0.2, 0) is 6.54 Å². The van der Waals surface area contributed by atoms with Crippen molar-refractivity contribution in [3.05, 3.63) is 17.8 Å². The molecular weight excluding hydrogens is 232 g/mol. The molecule has 1 fully saturated rings. The molecule has 100 valence electrons. The lowest BCUT2D eigenvalue weighted by Gasteiger charge is -2.14. The molecule has 0 unspecified atom stereocenters. The van der Waals surface area contributed by atoms with Crippen LogP contribution >= 0.6 is 0 Å². The minimum absolute atomic E-state index is 0.166.